The monoisotopic (exact) mass is 222 g/mol. The minimum Gasteiger partial charge on any atom is -0.384 e. The van der Waals surface area contributed by atoms with E-state index in [1.165, 1.54) is 31.5 Å². The second kappa shape index (κ2) is 5.30. The molecule has 2 nitrogen and oxygen atoms in total. The number of anilines is 1. The Hall–Kier alpha value is -1.09. The van der Waals surface area contributed by atoms with E-state index in [0.29, 0.717) is 0 Å². The summed E-state index contributed by atoms with van der Waals surface area (Å²) in [5, 5.41) is 3.29. The highest BCUT2D eigenvalue weighted by Gasteiger charge is 2.22. The maximum Gasteiger partial charge on any atom is 0.123 e. The van der Waals surface area contributed by atoms with Gasteiger partial charge < -0.3 is 10.2 Å². The van der Waals surface area contributed by atoms with E-state index in [1.54, 1.807) is 12.1 Å². The molecule has 2 rings (SSSR count). The van der Waals surface area contributed by atoms with Crippen LogP contribution in [0.15, 0.2) is 24.3 Å². The molecule has 0 atom stereocenters. The molecule has 1 saturated carbocycles. The molecule has 1 aromatic carbocycles. The van der Waals surface area contributed by atoms with Crippen molar-refractivity contribution in [3.05, 3.63) is 30.1 Å². The molecule has 0 aliphatic heterocycles. The van der Waals surface area contributed by atoms with Gasteiger partial charge in [-0.05, 0) is 50.1 Å². The van der Waals surface area contributed by atoms with E-state index in [-0.39, 0.29) is 5.82 Å². The average molecular weight is 222 g/mol. The van der Waals surface area contributed by atoms with Gasteiger partial charge in [0.1, 0.15) is 5.82 Å². The Morgan fingerprint density at radius 2 is 2.00 bits per heavy atom. The van der Waals surface area contributed by atoms with E-state index in [4.69, 9.17) is 0 Å². The molecule has 3 heteroatoms. The van der Waals surface area contributed by atoms with Crippen LogP contribution < -0.4 is 5.32 Å². The molecule has 88 valence electrons. The van der Waals surface area contributed by atoms with Crippen LogP contribution in [0.1, 0.15) is 12.8 Å². The molecule has 0 radical (unpaired) electrons. The third kappa shape index (κ3) is 3.81. The van der Waals surface area contributed by atoms with Crippen molar-refractivity contribution in [2.24, 2.45) is 5.92 Å². The number of hydrogen-bond acceptors (Lipinski definition) is 2. The van der Waals surface area contributed by atoms with Crippen molar-refractivity contribution in [2.45, 2.75) is 12.8 Å². The lowest BCUT2D eigenvalue weighted by atomic mass is 10.3. The highest BCUT2D eigenvalue weighted by atomic mass is 19.1. The van der Waals surface area contributed by atoms with E-state index >= 15 is 0 Å². The Labute approximate surface area is 96.5 Å². The van der Waals surface area contributed by atoms with Crippen LogP contribution in [0.3, 0.4) is 0 Å². The van der Waals surface area contributed by atoms with Crippen molar-refractivity contribution >= 4 is 5.69 Å². The number of nitrogens with one attached hydrogen (secondary N) is 1. The first kappa shape index (κ1) is 11.4. The summed E-state index contributed by atoms with van der Waals surface area (Å²) in [4.78, 5) is 2.36. The molecule has 16 heavy (non-hydrogen) atoms. The Morgan fingerprint density at radius 3 is 2.62 bits per heavy atom. The van der Waals surface area contributed by atoms with Crippen LogP contribution in [0.5, 0.6) is 0 Å². The van der Waals surface area contributed by atoms with E-state index in [0.717, 1.165) is 24.7 Å². The van der Waals surface area contributed by atoms with Gasteiger partial charge in [0.15, 0.2) is 0 Å². The van der Waals surface area contributed by atoms with Crippen molar-refractivity contribution in [1.29, 1.82) is 0 Å². The second-order valence-electron chi connectivity index (χ2n) is 4.64. The molecule has 1 aliphatic rings. The molecule has 0 saturated heterocycles. The highest BCUT2D eigenvalue weighted by molar-refractivity contribution is 5.42. The quantitative estimate of drug-likeness (QED) is 0.796. The molecular weight excluding hydrogens is 203 g/mol. The van der Waals surface area contributed by atoms with Gasteiger partial charge in [-0.1, -0.05) is 0 Å². The number of rotatable bonds is 6. The van der Waals surface area contributed by atoms with Gasteiger partial charge in [0, 0.05) is 25.3 Å². The van der Waals surface area contributed by atoms with Crippen LogP contribution in [-0.4, -0.2) is 31.6 Å². The van der Waals surface area contributed by atoms with Gasteiger partial charge in [-0.2, -0.15) is 0 Å². The number of likely N-dealkylation sites (N-methyl/N-ethyl adjacent to an activating group) is 1. The first-order chi connectivity index (χ1) is 7.74. The number of nitrogens with zero attached hydrogens (tertiary/aromatic N) is 1. The molecule has 1 aliphatic carbocycles. The summed E-state index contributed by atoms with van der Waals surface area (Å²) < 4.78 is 12.7. The SMILES string of the molecule is CN(CCNc1ccc(F)cc1)CC1CC1. The van der Waals surface area contributed by atoms with Crippen molar-refractivity contribution < 1.29 is 4.39 Å². The fourth-order valence-corrected chi connectivity index (χ4v) is 1.79. The second-order valence-corrected chi connectivity index (χ2v) is 4.64. The van der Waals surface area contributed by atoms with Crippen LogP contribution in [0.2, 0.25) is 0 Å². The topological polar surface area (TPSA) is 15.3 Å². The third-order valence-electron chi connectivity index (χ3n) is 2.93. The minimum atomic E-state index is -0.184. The zero-order valence-electron chi connectivity index (χ0n) is 9.75. The maximum atomic E-state index is 12.7. The fraction of sp³-hybridized carbons (Fsp3) is 0.538. The minimum absolute atomic E-state index is 0.184. The summed E-state index contributed by atoms with van der Waals surface area (Å²) in [5.74, 6) is 0.757. The lowest BCUT2D eigenvalue weighted by molar-refractivity contribution is 0.332. The van der Waals surface area contributed by atoms with E-state index < -0.39 is 0 Å². The molecule has 1 fully saturated rings. The number of benzene rings is 1. The standard InChI is InChI=1S/C13H19FN2/c1-16(10-11-2-3-11)9-8-15-13-6-4-12(14)5-7-13/h4-7,11,15H,2-3,8-10H2,1H3. The number of hydrogen-bond donors (Lipinski definition) is 1. The van der Waals surface area contributed by atoms with Gasteiger partial charge in [-0.15, -0.1) is 0 Å². The largest absolute Gasteiger partial charge is 0.384 e. The van der Waals surface area contributed by atoms with Crippen molar-refractivity contribution in [3.63, 3.8) is 0 Å². The summed E-state index contributed by atoms with van der Waals surface area (Å²) in [6.07, 6.45) is 2.80. The van der Waals surface area contributed by atoms with Gasteiger partial charge in [0.2, 0.25) is 0 Å². The lowest BCUT2D eigenvalue weighted by Gasteiger charge is -2.16. The van der Waals surface area contributed by atoms with Crippen LogP contribution in [0, 0.1) is 11.7 Å². The maximum absolute atomic E-state index is 12.7. The smallest absolute Gasteiger partial charge is 0.123 e. The first-order valence-corrected chi connectivity index (χ1v) is 5.92. The molecule has 1 aromatic rings. The summed E-state index contributed by atoms with van der Waals surface area (Å²) in [7, 11) is 2.16. The van der Waals surface area contributed by atoms with Gasteiger partial charge in [0.25, 0.3) is 0 Å². The Balaban J connectivity index is 1.64. The Morgan fingerprint density at radius 1 is 1.31 bits per heavy atom. The molecule has 0 spiro atoms. The predicted octanol–water partition coefficient (Wildman–Crippen LogP) is 2.58. The highest BCUT2D eigenvalue weighted by Crippen LogP contribution is 2.29. The summed E-state index contributed by atoms with van der Waals surface area (Å²) in [6, 6.07) is 6.51. The van der Waals surface area contributed by atoms with Gasteiger partial charge in [-0.3, -0.25) is 0 Å². The first-order valence-electron chi connectivity index (χ1n) is 5.92. The summed E-state index contributed by atoms with van der Waals surface area (Å²) in [6.45, 7) is 3.16. The third-order valence-corrected chi connectivity index (χ3v) is 2.93. The molecule has 0 bridgehead atoms. The Bertz CT molecular complexity index is 319. The molecular formula is C13H19FN2. The van der Waals surface area contributed by atoms with Crippen LogP contribution in [-0.2, 0) is 0 Å². The van der Waals surface area contributed by atoms with Crippen LogP contribution in [0.25, 0.3) is 0 Å². The zero-order chi connectivity index (χ0) is 11.4. The van der Waals surface area contributed by atoms with Crippen molar-refractivity contribution in [1.82, 2.24) is 4.90 Å². The average Bonchev–Trinajstić information content (AvgIpc) is 3.05. The lowest BCUT2D eigenvalue weighted by Crippen LogP contribution is -2.27. The Kier molecular flexibility index (Phi) is 3.78. The summed E-state index contributed by atoms with van der Waals surface area (Å²) in [5.41, 5.74) is 0.987. The molecule has 0 heterocycles. The molecule has 0 amide bonds. The molecule has 0 aromatic heterocycles. The van der Waals surface area contributed by atoms with Crippen molar-refractivity contribution in [2.75, 3.05) is 32.0 Å². The van der Waals surface area contributed by atoms with E-state index in [2.05, 4.69) is 17.3 Å². The fourth-order valence-electron chi connectivity index (χ4n) is 1.79. The predicted molar refractivity (Wildman–Crippen MR) is 65.1 cm³/mol. The van der Waals surface area contributed by atoms with Gasteiger partial charge in [0.05, 0.1) is 0 Å². The number of halogens is 1. The van der Waals surface area contributed by atoms with Crippen LogP contribution >= 0.6 is 0 Å². The van der Waals surface area contributed by atoms with Crippen LogP contribution in [0.4, 0.5) is 10.1 Å². The zero-order valence-corrected chi connectivity index (χ0v) is 9.75. The molecule has 1 N–H and O–H groups in total. The van der Waals surface area contributed by atoms with Crippen molar-refractivity contribution in [3.8, 4) is 0 Å². The van der Waals surface area contributed by atoms with Gasteiger partial charge in [-0.25, -0.2) is 4.39 Å². The normalized spacial score (nSPS) is 15.4. The summed E-state index contributed by atoms with van der Waals surface area (Å²) >= 11 is 0. The van der Waals surface area contributed by atoms with Gasteiger partial charge >= 0.3 is 0 Å². The molecule has 0 unspecified atom stereocenters. The van der Waals surface area contributed by atoms with E-state index in [9.17, 15) is 4.39 Å². The van der Waals surface area contributed by atoms with E-state index in [1.807, 2.05) is 0 Å².